The van der Waals surface area contributed by atoms with Crippen LogP contribution in [0.15, 0.2) is 98.8 Å². The minimum atomic E-state index is -1.86. The topological polar surface area (TPSA) is 88.6 Å². The van der Waals surface area contributed by atoms with Gasteiger partial charge in [-0.25, -0.2) is 8.60 Å². The summed E-state index contributed by atoms with van der Waals surface area (Å²) in [6.07, 6.45) is -1.43. The number of nitrogens with zero attached hydrogens (tertiary/aromatic N) is 3. The van der Waals surface area contributed by atoms with Crippen LogP contribution < -0.4 is 4.31 Å². The predicted octanol–water partition coefficient (Wildman–Crippen LogP) is 7.50. The summed E-state index contributed by atoms with van der Waals surface area (Å²) < 4.78 is 34.6. The van der Waals surface area contributed by atoms with Crippen LogP contribution in [0.5, 0.6) is 5.75 Å². The van der Waals surface area contributed by atoms with Gasteiger partial charge >= 0.3 is 0 Å². The van der Waals surface area contributed by atoms with E-state index in [0.717, 1.165) is 30.8 Å². The molecule has 2 unspecified atom stereocenters. The number of rotatable bonds is 8. The van der Waals surface area contributed by atoms with E-state index in [9.17, 15) is 19.4 Å². The molecule has 1 heterocycles. The number of benzene rings is 4. The van der Waals surface area contributed by atoms with Gasteiger partial charge < -0.3 is 9.67 Å². The number of anilines is 1. The quantitative estimate of drug-likeness (QED) is 0.138. The van der Waals surface area contributed by atoms with Crippen molar-refractivity contribution in [2.24, 2.45) is 0 Å². The van der Waals surface area contributed by atoms with Gasteiger partial charge in [0, 0.05) is 48.6 Å². The second-order valence-corrected chi connectivity index (χ2v) is 11.9. The highest BCUT2D eigenvalue weighted by atomic mass is 79.9. The summed E-state index contributed by atoms with van der Waals surface area (Å²) in [6.45, 7) is -0.210. The molecule has 1 aromatic heterocycles. The molecule has 0 fully saturated rings. The second kappa shape index (κ2) is 10.8. The first-order chi connectivity index (χ1) is 18.2. The summed E-state index contributed by atoms with van der Waals surface area (Å²) in [7, 11) is -1.86. The van der Waals surface area contributed by atoms with E-state index in [1.54, 1.807) is 12.1 Å². The molecule has 0 aliphatic heterocycles. The molecule has 5 aromatic rings. The highest BCUT2D eigenvalue weighted by Gasteiger charge is 2.23. The van der Waals surface area contributed by atoms with E-state index in [4.69, 9.17) is 0 Å². The molecule has 0 saturated heterocycles. The van der Waals surface area contributed by atoms with Gasteiger partial charge in [-0.15, -0.1) is 0 Å². The number of hydrogen-bond acceptors (Lipinski definition) is 4. The highest BCUT2D eigenvalue weighted by molar-refractivity contribution is 9.10. The van der Waals surface area contributed by atoms with E-state index in [2.05, 4.69) is 31.9 Å². The zero-order valence-electron chi connectivity index (χ0n) is 19.6. The van der Waals surface area contributed by atoms with Gasteiger partial charge in [0.05, 0.1) is 22.9 Å². The minimum absolute atomic E-state index is 0.00924. The first-order valence-corrected chi connectivity index (χ1v) is 14.1. The number of hydrogen-bond donors (Lipinski definition) is 1. The van der Waals surface area contributed by atoms with Crippen molar-refractivity contribution in [3.05, 3.63) is 104 Å². The molecule has 0 bridgehead atoms. The van der Waals surface area contributed by atoms with Crippen LogP contribution in [0.4, 0.5) is 15.8 Å². The van der Waals surface area contributed by atoms with Crippen LogP contribution >= 0.6 is 31.9 Å². The fraction of sp³-hybridized carbons (Fsp3) is 0.111. The predicted molar refractivity (Wildman–Crippen MR) is 155 cm³/mol. The lowest BCUT2D eigenvalue weighted by molar-refractivity contribution is -0.384. The third-order valence-electron chi connectivity index (χ3n) is 6.12. The molecule has 0 amide bonds. The van der Waals surface area contributed by atoms with Gasteiger partial charge in [0.2, 0.25) is 0 Å². The number of non-ortho nitro benzene ring substituents is 1. The van der Waals surface area contributed by atoms with Crippen molar-refractivity contribution in [2.75, 3.05) is 10.8 Å². The van der Waals surface area contributed by atoms with Crippen molar-refractivity contribution < 1.29 is 18.6 Å². The first-order valence-electron chi connectivity index (χ1n) is 11.5. The Kier molecular flexibility index (Phi) is 7.51. The van der Waals surface area contributed by atoms with Crippen LogP contribution in [0.2, 0.25) is 0 Å². The standard InChI is InChI=1S/C27H20Br2FN3O4S/c28-17-1-11-26-24(13-17)25-14-18(29)2-12-27(25)31(26)15-19(30)16-32(20-3-7-22(34)8-4-20)38(37)23-9-5-21(6-10-23)33(35)36/h1-14,19,34H,15-16H2. The molecule has 194 valence electrons. The molecule has 11 heteroatoms. The molecule has 0 spiro atoms. The van der Waals surface area contributed by atoms with E-state index < -0.39 is 22.1 Å². The number of nitro groups is 1. The van der Waals surface area contributed by atoms with Gasteiger partial charge in [-0.2, -0.15) is 0 Å². The van der Waals surface area contributed by atoms with E-state index >= 15 is 4.39 Å². The molecule has 4 aromatic carbocycles. The number of aromatic nitrogens is 1. The van der Waals surface area contributed by atoms with E-state index in [0.29, 0.717) is 10.6 Å². The molecule has 0 radical (unpaired) electrons. The lowest BCUT2D eigenvalue weighted by atomic mass is 10.2. The Hall–Kier alpha value is -3.28. The molecule has 7 nitrogen and oxygen atoms in total. The zero-order chi connectivity index (χ0) is 27.0. The van der Waals surface area contributed by atoms with E-state index in [1.165, 1.54) is 40.7 Å². The second-order valence-electron chi connectivity index (χ2n) is 8.61. The van der Waals surface area contributed by atoms with Crippen molar-refractivity contribution in [2.45, 2.75) is 17.6 Å². The van der Waals surface area contributed by atoms with Gasteiger partial charge in [0.25, 0.3) is 5.69 Å². The smallest absolute Gasteiger partial charge is 0.269 e. The third kappa shape index (κ3) is 5.31. The molecule has 0 aliphatic rings. The molecule has 38 heavy (non-hydrogen) atoms. The average molecular weight is 661 g/mol. The highest BCUT2D eigenvalue weighted by Crippen LogP contribution is 2.34. The summed E-state index contributed by atoms with van der Waals surface area (Å²) in [5.41, 5.74) is 2.06. The molecular formula is C27H20Br2FN3O4S. The van der Waals surface area contributed by atoms with Crippen LogP contribution in [0.3, 0.4) is 0 Å². The number of halogens is 3. The lowest BCUT2D eigenvalue weighted by Gasteiger charge is -2.26. The maximum Gasteiger partial charge on any atom is 0.269 e. The van der Waals surface area contributed by atoms with Gasteiger partial charge in [0.15, 0.2) is 11.0 Å². The third-order valence-corrected chi connectivity index (χ3v) is 8.54. The average Bonchev–Trinajstić information content (AvgIpc) is 3.19. The number of fused-ring (bicyclic) bond motifs is 3. The number of phenols is 1. The van der Waals surface area contributed by atoms with Crippen molar-refractivity contribution in [3.63, 3.8) is 0 Å². The molecular weight excluding hydrogens is 641 g/mol. The number of alkyl halides is 1. The summed E-state index contributed by atoms with van der Waals surface area (Å²) in [5, 5.41) is 22.7. The number of nitro benzene ring substituents is 1. The minimum Gasteiger partial charge on any atom is -0.508 e. The van der Waals surface area contributed by atoms with Crippen molar-refractivity contribution in [3.8, 4) is 5.75 Å². The Morgan fingerprint density at radius 1 is 0.921 bits per heavy atom. The molecule has 0 aliphatic carbocycles. The van der Waals surface area contributed by atoms with Crippen molar-refractivity contribution in [1.82, 2.24) is 4.57 Å². The first kappa shape index (κ1) is 26.3. The fourth-order valence-corrected chi connectivity index (χ4v) is 6.34. The molecule has 0 saturated carbocycles. The number of phenolic OH excluding ortho intramolecular Hbond substituents is 1. The number of aromatic hydroxyl groups is 1. The zero-order valence-corrected chi connectivity index (χ0v) is 23.6. The van der Waals surface area contributed by atoms with Gasteiger partial charge in [0.1, 0.15) is 11.9 Å². The SMILES string of the molecule is O=[N+]([O-])c1ccc(S(=O)N(CC(F)Cn2c3ccc(Br)cc3c3cc(Br)ccc32)c2ccc(O)cc2)cc1. The maximum absolute atomic E-state index is 15.9. The van der Waals surface area contributed by atoms with Crippen LogP contribution in [-0.4, -0.2) is 31.5 Å². The summed E-state index contributed by atoms with van der Waals surface area (Å²) >= 11 is 7.04. The van der Waals surface area contributed by atoms with E-state index in [1.807, 2.05) is 41.0 Å². The Labute approximate surface area is 236 Å². The van der Waals surface area contributed by atoms with Crippen LogP contribution in [-0.2, 0) is 17.5 Å². The molecule has 5 rings (SSSR count). The van der Waals surface area contributed by atoms with Gasteiger partial charge in [-0.05, 0) is 72.8 Å². The lowest BCUT2D eigenvalue weighted by Crippen LogP contribution is -2.34. The van der Waals surface area contributed by atoms with Crippen LogP contribution in [0.25, 0.3) is 21.8 Å². The maximum atomic E-state index is 15.9. The molecule has 1 N–H and O–H groups in total. The fourth-order valence-electron chi connectivity index (χ4n) is 4.38. The summed E-state index contributed by atoms with van der Waals surface area (Å²) in [6, 6.07) is 23.0. The Morgan fingerprint density at radius 2 is 1.47 bits per heavy atom. The van der Waals surface area contributed by atoms with Crippen molar-refractivity contribution in [1.29, 1.82) is 0 Å². The Bertz CT molecular complexity index is 1620. The Morgan fingerprint density at radius 3 is 2.00 bits per heavy atom. The normalized spacial score (nSPS) is 13.0. The van der Waals surface area contributed by atoms with Gasteiger partial charge in [-0.3, -0.25) is 14.4 Å². The van der Waals surface area contributed by atoms with Crippen LogP contribution in [0.1, 0.15) is 0 Å². The summed E-state index contributed by atoms with van der Waals surface area (Å²) in [4.78, 5) is 10.8. The molecule has 2 atom stereocenters. The van der Waals surface area contributed by atoms with E-state index in [-0.39, 0.29) is 24.5 Å². The Balaban J connectivity index is 1.49. The largest absolute Gasteiger partial charge is 0.508 e. The van der Waals surface area contributed by atoms with Gasteiger partial charge in [-0.1, -0.05) is 31.9 Å². The van der Waals surface area contributed by atoms with Crippen molar-refractivity contribution >= 4 is 76.0 Å². The van der Waals surface area contributed by atoms with Crippen LogP contribution in [0, 0.1) is 10.1 Å². The monoisotopic (exact) mass is 659 g/mol. The summed E-state index contributed by atoms with van der Waals surface area (Å²) in [5.74, 6) is 0.0224.